The van der Waals surface area contributed by atoms with E-state index in [0.29, 0.717) is 0 Å². The van der Waals surface area contributed by atoms with Crippen LogP contribution in [0.15, 0.2) is 36.5 Å². The fourth-order valence-electron chi connectivity index (χ4n) is 5.25. The lowest BCUT2D eigenvalue weighted by Crippen LogP contribution is -1.84. The number of carbonyl (C=O) groups is 1. The number of hydrogen-bond acceptors (Lipinski definition) is 1. The van der Waals surface area contributed by atoms with Gasteiger partial charge in [-0.25, -0.2) is 0 Å². The minimum absolute atomic E-state index is 0.0966. The lowest BCUT2D eigenvalue weighted by Gasteiger charge is -2.04. The predicted octanol–water partition coefficient (Wildman–Crippen LogP) is 13.2. The van der Waals surface area contributed by atoms with Crippen LogP contribution in [0.1, 0.15) is 194 Å². The number of hydrogen-bond donors (Lipinski definition) is 0. The molecule has 0 aliphatic rings. The maximum absolute atomic E-state index is 10.8. The average Bonchev–Trinajstić information content (AvgIpc) is 2.91. The van der Waals surface area contributed by atoms with Gasteiger partial charge >= 0.3 is 0 Å². The number of unbranched alkanes of at least 4 members (excludes halogenated alkanes) is 27. The van der Waals surface area contributed by atoms with Gasteiger partial charge in [0.15, 0.2) is 5.78 Å². The maximum atomic E-state index is 10.8. The highest BCUT2D eigenvalue weighted by Crippen LogP contribution is 2.16. The molecule has 38 heavy (non-hydrogen) atoms. The Hall–Kier alpha value is -1.11. The number of allylic oxidation sites excluding steroid dienone is 6. The van der Waals surface area contributed by atoms with Crippen molar-refractivity contribution in [3.63, 3.8) is 0 Å². The molecule has 0 heterocycles. The van der Waals surface area contributed by atoms with E-state index >= 15 is 0 Å². The molecule has 1 nitrogen and oxygen atoms in total. The molecule has 0 aromatic rings. The maximum Gasteiger partial charge on any atom is 0.152 e. The molecule has 0 aromatic carbocycles. The summed E-state index contributed by atoms with van der Waals surface area (Å²) in [5, 5.41) is 0. The molecule has 0 bridgehead atoms. The minimum Gasteiger partial charge on any atom is -0.295 e. The number of ketones is 1. The largest absolute Gasteiger partial charge is 0.295 e. The molecule has 0 radical (unpaired) electrons. The molecule has 0 aromatic heterocycles. The van der Waals surface area contributed by atoms with Crippen molar-refractivity contribution >= 4 is 5.78 Å². The van der Waals surface area contributed by atoms with E-state index in [0.717, 1.165) is 0 Å². The zero-order valence-electron chi connectivity index (χ0n) is 26.2. The van der Waals surface area contributed by atoms with Gasteiger partial charge in [-0.05, 0) is 25.8 Å². The van der Waals surface area contributed by atoms with Crippen LogP contribution in [-0.4, -0.2) is 5.78 Å². The van der Waals surface area contributed by atoms with Crippen LogP contribution >= 0.6 is 0 Å². The van der Waals surface area contributed by atoms with Gasteiger partial charge in [0.25, 0.3) is 0 Å². The first-order chi connectivity index (χ1) is 18.8. The van der Waals surface area contributed by atoms with Crippen molar-refractivity contribution < 1.29 is 4.79 Å². The van der Waals surface area contributed by atoms with Gasteiger partial charge in [-0.2, -0.15) is 0 Å². The lowest BCUT2D eigenvalue weighted by atomic mass is 10.0. The third-order valence-electron chi connectivity index (χ3n) is 7.77. The lowest BCUT2D eigenvalue weighted by molar-refractivity contribution is -0.112. The van der Waals surface area contributed by atoms with E-state index in [-0.39, 0.29) is 5.78 Å². The van der Waals surface area contributed by atoms with Crippen molar-refractivity contribution in [1.29, 1.82) is 0 Å². The SMILES string of the molecule is CCCCCCCCCCCCCCCCCCCCCCCCCCCCCC=CC=CC=CC(C)=O. The van der Waals surface area contributed by atoms with Crippen LogP contribution in [-0.2, 0) is 4.79 Å². The van der Waals surface area contributed by atoms with Crippen molar-refractivity contribution in [2.24, 2.45) is 0 Å². The Morgan fingerprint density at radius 2 is 0.684 bits per heavy atom. The van der Waals surface area contributed by atoms with Gasteiger partial charge in [0, 0.05) is 0 Å². The van der Waals surface area contributed by atoms with Crippen LogP contribution in [0.2, 0.25) is 0 Å². The molecule has 0 spiro atoms. The van der Waals surface area contributed by atoms with E-state index in [4.69, 9.17) is 0 Å². The molecule has 222 valence electrons. The second-order valence-corrected chi connectivity index (χ2v) is 11.8. The Morgan fingerprint density at radius 3 is 1.00 bits per heavy atom. The van der Waals surface area contributed by atoms with Gasteiger partial charge in [0.1, 0.15) is 0 Å². The molecule has 1 heteroatoms. The third-order valence-corrected chi connectivity index (χ3v) is 7.77. The first-order valence-electron chi connectivity index (χ1n) is 17.3. The van der Waals surface area contributed by atoms with Crippen LogP contribution < -0.4 is 0 Å². The van der Waals surface area contributed by atoms with Crippen LogP contribution in [0, 0.1) is 0 Å². The van der Waals surface area contributed by atoms with Gasteiger partial charge in [0.05, 0.1) is 0 Å². The van der Waals surface area contributed by atoms with Crippen molar-refractivity contribution in [3.05, 3.63) is 36.5 Å². The molecule has 0 unspecified atom stereocenters. The van der Waals surface area contributed by atoms with Crippen molar-refractivity contribution in [1.82, 2.24) is 0 Å². The van der Waals surface area contributed by atoms with Gasteiger partial charge in [-0.3, -0.25) is 4.79 Å². The highest BCUT2D eigenvalue weighted by Gasteiger charge is 1.96. The summed E-state index contributed by atoms with van der Waals surface area (Å²) in [6.45, 7) is 3.87. The fraction of sp³-hybridized carbons (Fsp3) is 0.811. The summed E-state index contributed by atoms with van der Waals surface area (Å²) in [4.78, 5) is 10.8. The summed E-state index contributed by atoms with van der Waals surface area (Å²) in [6, 6.07) is 0. The number of rotatable bonds is 31. The fourth-order valence-corrected chi connectivity index (χ4v) is 5.25. The molecular formula is C37H68O. The summed E-state index contributed by atoms with van der Waals surface area (Å²) in [7, 11) is 0. The molecule has 0 amide bonds. The zero-order chi connectivity index (χ0) is 27.6. The normalized spacial score (nSPS) is 12.1. The molecular weight excluding hydrogens is 460 g/mol. The van der Waals surface area contributed by atoms with Crippen molar-refractivity contribution in [2.45, 2.75) is 194 Å². The molecule has 0 N–H and O–H groups in total. The van der Waals surface area contributed by atoms with E-state index in [1.165, 1.54) is 180 Å². The summed E-state index contributed by atoms with van der Waals surface area (Å²) in [6.07, 6.45) is 51.9. The van der Waals surface area contributed by atoms with Crippen LogP contribution in [0.3, 0.4) is 0 Å². The number of carbonyl (C=O) groups excluding carboxylic acids is 1. The van der Waals surface area contributed by atoms with Crippen LogP contribution in [0.25, 0.3) is 0 Å². The first-order valence-corrected chi connectivity index (χ1v) is 17.3. The predicted molar refractivity (Wildman–Crippen MR) is 173 cm³/mol. The third kappa shape index (κ3) is 34.9. The molecule has 0 saturated heterocycles. The van der Waals surface area contributed by atoms with Gasteiger partial charge in [0.2, 0.25) is 0 Å². The Balaban J connectivity index is 3.11. The second kappa shape index (κ2) is 33.9. The smallest absolute Gasteiger partial charge is 0.152 e. The Kier molecular flexibility index (Phi) is 32.9. The quantitative estimate of drug-likeness (QED) is 0.0496. The van der Waals surface area contributed by atoms with E-state index in [9.17, 15) is 4.79 Å². The summed E-state index contributed by atoms with van der Waals surface area (Å²) >= 11 is 0. The van der Waals surface area contributed by atoms with Crippen LogP contribution in [0.5, 0.6) is 0 Å². The second-order valence-electron chi connectivity index (χ2n) is 11.8. The van der Waals surface area contributed by atoms with Gasteiger partial charge < -0.3 is 0 Å². The Morgan fingerprint density at radius 1 is 0.395 bits per heavy atom. The average molecular weight is 529 g/mol. The first kappa shape index (κ1) is 36.9. The topological polar surface area (TPSA) is 17.1 Å². The minimum atomic E-state index is 0.0966. The van der Waals surface area contributed by atoms with Crippen molar-refractivity contribution in [2.75, 3.05) is 0 Å². The summed E-state index contributed by atoms with van der Waals surface area (Å²) < 4.78 is 0. The molecule has 0 aliphatic heterocycles. The van der Waals surface area contributed by atoms with E-state index < -0.39 is 0 Å². The monoisotopic (exact) mass is 529 g/mol. The molecule has 0 aliphatic carbocycles. The molecule has 0 atom stereocenters. The standard InChI is InChI=1S/C37H68O/c1-3-4-5-6-7-8-9-10-11-12-13-14-15-16-17-18-19-20-21-22-23-24-25-26-27-28-29-30-31-32-33-34-35-36-37(2)38/h31-36H,3-30H2,1-2H3. The molecule has 0 saturated carbocycles. The highest BCUT2D eigenvalue weighted by molar-refractivity contribution is 5.87. The Labute approximate surface area is 240 Å². The van der Waals surface area contributed by atoms with Crippen molar-refractivity contribution in [3.8, 4) is 0 Å². The highest BCUT2D eigenvalue weighted by atomic mass is 16.1. The van der Waals surface area contributed by atoms with E-state index in [2.05, 4.69) is 19.1 Å². The molecule has 0 fully saturated rings. The van der Waals surface area contributed by atoms with E-state index in [1.807, 2.05) is 12.2 Å². The zero-order valence-corrected chi connectivity index (χ0v) is 26.2. The van der Waals surface area contributed by atoms with E-state index in [1.54, 1.807) is 19.1 Å². The van der Waals surface area contributed by atoms with Crippen LogP contribution in [0.4, 0.5) is 0 Å². The molecule has 0 rings (SSSR count). The summed E-state index contributed by atoms with van der Waals surface area (Å²) in [5.74, 6) is 0.0966. The van der Waals surface area contributed by atoms with Gasteiger partial charge in [-0.1, -0.05) is 204 Å². The summed E-state index contributed by atoms with van der Waals surface area (Å²) in [5.41, 5.74) is 0. The van der Waals surface area contributed by atoms with Gasteiger partial charge in [-0.15, -0.1) is 0 Å². The Bertz CT molecular complexity index is 541.